The van der Waals surface area contributed by atoms with Gasteiger partial charge in [0.2, 0.25) is 0 Å². The molecule has 0 heterocycles. The molecule has 2 aromatic rings. The van der Waals surface area contributed by atoms with Crippen LogP contribution in [0.3, 0.4) is 0 Å². The standard InChI is InChI=1S/C17H16O5/c1-22-14-7-3-11(4-8-14)2-5-12-10-13(16(18)19)6-9-15(12)17(20)21/h3-4,6-10H,2,5H2,1H3,(H,18,19)(H,20,21). The van der Waals surface area contributed by atoms with Gasteiger partial charge in [0.25, 0.3) is 0 Å². The Morgan fingerprint density at radius 3 is 2.18 bits per heavy atom. The van der Waals surface area contributed by atoms with E-state index in [1.807, 2.05) is 24.3 Å². The molecule has 0 spiro atoms. The third-order valence-electron chi connectivity index (χ3n) is 3.42. The number of rotatable bonds is 6. The number of aryl methyl sites for hydroxylation is 2. The molecule has 114 valence electrons. The first-order valence-electron chi connectivity index (χ1n) is 6.73. The summed E-state index contributed by atoms with van der Waals surface area (Å²) in [6.45, 7) is 0. The zero-order chi connectivity index (χ0) is 16.1. The Balaban J connectivity index is 2.20. The SMILES string of the molecule is COc1ccc(CCc2cc(C(=O)O)ccc2C(=O)O)cc1. The molecule has 5 nitrogen and oxygen atoms in total. The number of hydrogen-bond donors (Lipinski definition) is 2. The van der Waals surface area contributed by atoms with Gasteiger partial charge in [-0.25, -0.2) is 9.59 Å². The zero-order valence-corrected chi connectivity index (χ0v) is 12.1. The number of carbonyl (C=O) groups is 2. The zero-order valence-electron chi connectivity index (χ0n) is 12.1. The number of carboxylic acids is 2. The molecule has 0 unspecified atom stereocenters. The Labute approximate surface area is 127 Å². The minimum Gasteiger partial charge on any atom is -0.497 e. The van der Waals surface area contributed by atoms with Crippen molar-refractivity contribution < 1.29 is 24.5 Å². The molecule has 0 aliphatic rings. The van der Waals surface area contributed by atoms with Crippen molar-refractivity contribution in [1.29, 1.82) is 0 Å². The van der Waals surface area contributed by atoms with Crippen molar-refractivity contribution >= 4 is 11.9 Å². The number of carboxylic acid groups (broad SMARTS) is 2. The number of aromatic carboxylic acids is 2. The fourth-order valence-electron chi connectivity index (χ4n) is 2.21. The fourth-order valence-corrected chi connectivity index (χ4v) is 2.21. The fraction of sp³-hybridized carbons (Fsp3) is 0.176. The van der Waals surface area contributed by atoms with Gasteiger partial charge in [-0.3, -0.25) is 0 Å². The van der Waals surface area contributed by atoms with Crippen molar-refractivity contribution in [2.45, 2.75) is 12.8 Å². The van der Waals surface area contributed by atoms with E-state index in [-0.39, 0.29) is 11.1 Å². The van der Waals surface area contributed by atoms with Crippen LogP contribution in [0.4, 0.5) is 0 Å². The summed E-state index contributed by atoms with van der Waals surface area (Å²) < 4.78 is 5.08. The Morgan fingerprint density at radius 2 is 1.64 bits per heavy atom. The van der Waals surface area contributed by atoms with Crippen molar-refractivity contribution in [3.8, 4) is 5.75 Å². The summed E-state index contributed by atoms with van der Waals surface area (Å²) >= 11 is 0. The van der Waals surface area contributed by atoms with Gasteiger partial charge >= 0.3 is 11.9 Å². The van der Waals surface area contributed by atoms with E-state index in [1.165, 1.54) is 18.2 Å². The molecule has 5 heteroatoms. The van der Waals surface area contributed by atoms with Crippen LogP contribution in [0.2, 0.25) is 0 Å². The molecule has 0 amide bonds. The van der Waals surface area contributed by atoms with Gasteiger partial charge in [-0.05, 0) is 54.3 Å². The van der Waals surface area contributed by atoms with E-state index < -0.39 is 11.9 Å². The number of methoxy groups -OCH3 is 1. The first-order chi connectivity index (χ1) is 10.5. The molecule has 0 atom stereocenters. The maximum Gasteiger partial charge on any atom is 0.335 e. The Bertz CT molecular complexity index is 689. The summed E-state index contributed by atoms with van der Waals surface area (Å²) in [4.78, 5) is 22.3. The highest BCUT2D eigenvalue weighted by atomic mass is 16.5. The normalized spacial score (nSPS) is 10.2. The highest BCUT2D eigenvalue weighted by Gasteiger charge is 2.13. The summed E-state index contributed by atoms with van der Waals surface area (Å²) in [5, 5.41) is 18.2. The predicted octanol–water partition coefficient (Wildman–Crippen LogP) is 2.88. The molecule has 22 heavy (non-hydrogen) atoms. The summed E-state index contributed by atoms with van der Waals surface area (Å²) in [6, 6.07) is 11.6. The second-order valence-corrected chi connectivity index (χ2v) is 4.83. The van der Waals surface area contributed by atoms with E-state index in [0.29, 0.717) is 18.4 Å². The quantitative estimate of drug-likeness (QED) is 0.857. The lowest BCUT2D eigenvalue weighted by Gasteiger charge is -2.08. The molecular formula is C17H16O5. The molecule has 2 rings (SSSR count). The summed E-state index contributed by atoms with van der Waals surface area (Å²) in [5.74, 6) is -1.37. The van der Waals surface area contributed by atoms with E-state index in [9.17, 15) is 14.7 Å². The lowest BCUT2D eigenvalue weighted by atomic mass is 9.97. The Morgan fingerprint density at radius 1 is 0.955 bits per heavy atom. The highest BCUT2D eigenvalue weighted by Crippen LogP contribution is 2.17. The summed E-state index contributed by atoms with van der Waals surface area (Å²) in [7, 11) is 1.59. The van der Waals surface area contributed by atoms with Crippen LogP contribution < -0.4 is 4.74 Å². The first kappa shape index (κ1) is 15.6. The number of ether oxygens (including phenoxy) is 1. The molecule has 0 saturated heterocycles. The largest absolute Gasteiger partial charge is 0.497 e. The first-order valence-corrected chi connectivity index (χ1v) is 6.73. The van der Waals surface area contributed by atoms with Gasteiger partial charge in [0.05, 0.1) is 18.2 Å². The molecule has 0 aliphatic carbocycles. The minimum atomic E-state index is -1.07. The molecular weight excluding hydrogens is 284 g/mol. The maximum absolute atomic E-state index is 11.2. The molecule has 0 aliphatic heterocycles. The topological polar surface area (TPSA) is 83.8 Å². The smallest absolute Gasteiger partial charge is 0.335 e. The number of benzene rings is 2. The summed E-state index contributed by atoms with van der Waals surface area (Å²) in [6.07, 6.45) is 1.07. The van der Waals surface area contributed by atoms with Crippen molar-refractivity contribution in [3.63, 3.8) is 0 Å². The molecule has 0 bridgehead atoms. The van der Waals surface area contributed by atoms with Crippen LogP contribution in [0.5, 0.6) is 5.75 Å². The van der Waals surface area contributed by atoms with Crippen LogP contribution in [-0.2, 0) is 12.8 Å². The lowest BCUT2D eigenvalue weighted by molar-refractivity contribution is 0.0680. The van der Waals surface area contributed by atoms with Crippen molar-refractivity contribution in [2.75, 3.05) is 7.11 Å². The van der Waals surface area contributed by atoms with Crippen molar-refractivity contribution in [2.24, 2.45) is 0 Å². The Hall–Kier alpha value is -2.82. The van der Waals surface area contributed by atoms with Gasteiger partial charge in [-0.1, -0.05) is 12.1 Å². The highest BCUT2D eigenvalue weighted by molar-refractivity contribution is 5.93. The van der Waals surface area contributed by atoms with Crippen LogP contribution in [0.15, 0.2) is 42.5 Å². The van der Waals surface area contributed by atoms with E-state index in [2.05, 4.69) is 0 Å². The average molecular weight is 300 g/mol. The Kier molecular flexibility index (Phi) is 4.78. The molecule has 0 fully saturated rings. The van der Waals surface area contributed by atoms with Gasteiger partial charge in [-0.15, -0.1) is 0 Å². The molecule has 2 N–H and O–H groups in total. The maximum atomic E-state index is 11.2. The second-order valence-electron chi connectivity index (χ2n) is 4.83. The van der Waals surface area contributed by atoms with Gasteiger partial charge < -0.3 is 14.9 Å². The molecule has 2 aromatic carbocycles. The van der Waals surface area contributed by atoms with Crippen molar-refractivity contribution in [3.05, 3.63) is 64.7 Å². The van der Waals surface area contributed by atoms with Crippen LogP contribution in [-0.4, -0.2) is 29.3 Å². The van der Waals surface area contributed by atoms with Crippen LogP contribution in [0.1, 0.15) is 31.8 Å². The monoisotopic (exact) mass is 300 g/mol. The van der Waals surface area contributed by atoms with E-state index in [4.69, 9.17) is 9.84 Å². The van der Waals surface area contributed by atoms with Gasteiger partial charge in [0, 0.05) is 0 Å². The molecule has 0 saturated carbocycles. The second kappa shape index (κ2) is 6.76. The molecule has 0 aromatic heterocycles. The van der Waals surface area contributed by atoms with Crippen LogP contribution in [0.25, 0.3) is 0 Å². The number of hydrogen-bond acceptors (Lipinski definition) is 3. The average Bonchev–Trinajstić information content (AvgIpc) is 2.52. The van der Waals surface area contributed by atoms with Crippen LogP contribution >= 0.6 is 0 Å². The third-order valence-corrected chi connectivity index (χ3v) is 3.42. The third kappa shape index (κ3) is 3.63. The van der Waals surface area contributed by atoms with E-state index in [1.54, 1.807) is 7.11 Å². The van der Waals surface area contributed by atoms with Crippen LogP contribution in [0, 0.1) is 0 Å². The molecule has 0 radical (unpaired) electrons. The van der Waals surface area contributed by atoms with Gasteiger partial charge in [0.15, 0.2) is 0 Å². The van der Waals surface area contributed by atoms with Gasteiger partial charge in [0.1, 0.15) is 5.75 Å². The van der Waals surface area contributed by atoms with E-state index >= 15 is 0 Å². The van der Waals surface area contributed by atoms with Crippen molar-refractivity contribution in [1.82, 2.24) is 0 Å². The predicted molar refractivity (Wildman–Crippen MR) is 80.8 cm³/mol. The lowest BCUT2D eigenvalue weighted by Crippen LogP contribution is -2.07. The van der Waals surface area contributed by atoms with Gasteiger partial charge in [-0.2, -0.15) is 0 Å². The summed E-state index contributed by atoms with van der Waals surface area (Å²) in [5.41, 5.74) is 1.77. The van der Waals surface area contributed by atoms with E-state index in [0.717, 1.165) is 11.3 Å². The minimum absolute atomic E-state index is 0.0923.